The number of rotatable bonds is 3. The minimum absolute atomic E-state index is 0.0231. The van der Waals surface area contributed by atoms with Crippen molar-refractivity contribution >= 4 is 37.3 Å². The van der Waals surface area contributed by atoms with Crippen LogP contribution in [-0.2, 0) is 16.9 Å². The second-order valence-electron chi connectivity index (χ2n) is 5.44. The van der Waals surface area contributed by atoms with E-state index >= 15 is 0 Å². The molecule has 6 nitrogen and oxygen atoms in total. The van der Waals surface area contributed by atoms with Gasteiger partial charge in [-0.15, -0.1) is 0 Å². The highest BCUT2D eigenvalue weighted by Gasteiger charge is 2.18. The molecule has 0 N–H and O–H groups in total. The number of hydrogen-bond acceptors (Lipinski definition) is 5. The molecule has 0 aliphatic rings. The van der Waals surface area contributed by atoms with Crippen molar-refractivity contribution in [2.24, 2.45) is 12.0 Å². The first-order valence-electron chi connectivity index (χ1n) is 7.33. The maximum Gasteiger partial charge on any atom is 0.280 e. The van der Waals surface area contributed by atoms with Crippen LogP contribution in [-0.4, -0.2) is 32.3 Å². The van der Waals surface area contributed by atoms with Crippen molar-refractivity contribution in [1.82, 2.24) is 4.57 Å². The molecule has 0 fully saturated rings. The number of carbonyl (C=O) groups excluding carboxylic acids is 1. The fraction of sp³-hybridized carbons (Fsp3) is 0.176. The molecule has 0 radical (unpaired) electrons. The Kier molecular flexibility index (Phi) is 4.49. The molecule has 3 rings (SSSR count). The minimum atomic E-state index is -3.52. The molecule has 8 heteroatoms. The number of nitrogens with zero attached hydrogens (tertiary/aromatic N) is 2. The Hall–Kier alpha value is -2.45. The van der Waals surface area contributed by atoms with Crippen LogP contribution in [0.1, 0.15) is 10.4 Å². The highest BCUT2D eigenvalue weighted by atomic mass is 32.2. The first kappa shape index (κ1) is 17.4. The first-order valence-corrected chi connectivity index (χ1v) is 10.0. The van der Waals surface area contributed by atoms with Crippen LogP contribution in [0.15, 0.2) is 52.4 Å². The van der Waals surface area contributed by atoms with Gasteiger partial charge >= 0.3 is 0 Å². The molecule has 0 bridgehead atoms. The lowest BCUT2D eigenvalue weighted by Crippen LogP contribution is -2.15. The number of hydrogen-bond donors (Lipinski definition) is 0. The number of para-hydroxylation sites is 1. The van der Waals surface area contributed by atoms with Crippen molar-refractivity contribution < 1.29 is 17.9 Å². The topological polar surface area (TPSA) is 77.7 Å². The second-order valence-corrected chi connectivity index (χ2v) is 8.43. The SMILES string of the molecule is COc1cccc2sc(=NC(=O)c3ccccc3S(C)(=O)=O)n(C)c12. The molecular formula is C17H16N2O4S2. The van der Waals surface area contributed by atoms with Crippen LogP contribution in [0, 0.1) is 0 Å². The van der Waals surface area contributed by atoms with Gasteiger partial charge in [0.15, 0.2) is 14.6 Å². The quantitative estimate of drug-likeness (QED) is 0.703. The molecule has 1 amide bonds. The van der Waals surface area contributed by atoms with Gasteiger partial charge in [-0.3, -0.25) is 4.79 Å². The molecule has 0 spiro atoms. The van der Waals surface area contributed by atoms with Crippen molar-refractivity contribution in [2.75, 3.05) is 13.4 Å². The van der Waals surface area contributed by atoms with E-state index in [9.17, 15) is 13.2 Å². The monoisotopic (exact) mass is 376 g/mol. The third-order valence-corrected chi connectivity index (χ3v) is 5.97. The van der Waals surface area contributed by atoms with Crippen LogP contribution >= 0.6 is 11.3 Å². The zero-order valence-electron chi connectivity index (χ0n) is 13.9. The van der Waals surface area contributed by atoms with E-state index in [2.05, 4.69) is 4.99 Å². The summed E-state index contributed by atoms with van der Waals surface area (Å²) in [5.41, 5.74) is 0.896. The Labute approximate surface area is 148 Å². The van der Waals surface area contributed by atoms with Crippen LogP contribution in [0.4, 0.5) is 0 Å². The van der Waals surface area contributed by atoms with Gasteiger partial charge in [0, 0.05) is 13.3 Å². The average molecular weight is 376 g/mol. The summed E-state index contributed by atoms with van der Waals surface area (Å²) in [6.07, 6.45) is 1.07. The number of aromatic nitrogens is 1. The lowest BCUT2D eigenvalue weighted by molar-refractivity contribution is 0.0995. The molecule has 0 atom stereocenters. The number of benzene rings is 2. The third kappa shape index (κ3) is 3.22. The maximum atomic E-state index is 12.6. The smallest absolute Gasteiger partial charge is 0.280 e. The number of aryl methyl sites for hydroxylation is 1. The number of amides is 1. The van der Waals surface area contributed by atoms with Crippen molar-refractivity contribution in [1.29, 1.82) is 0 Å². The molecule has 0 saturated heterocycles. The number of thiazole rings is 1. The molecule has 25 heavy (non-hydrogen) atoms. The molecule has 0 aliphatic carbocycles. The zero-order valence-corrected chi connectivity index (χ0v) is 15.5. The Morgan fingerprint density at radius 3 is 2.56 bits per heavy atom. The normalized spacial score (nSPS) is 12.5. The summed E-state index contributed by atoms with van der Waals surface area (Å²) in [5, 5.41) is 0. The Morgan fingerprint density at radius 1 is 1.16 bits per heavy atom. The molecule has 3 aromatic rings. The van der Waals surface area contributed by atoms with Crippen LogP contribution in [0.5, 0.6) is 5.75 Å². The molecule has 0 saturated carbocycles. The summed E-state index contributed by atoms with van der Waals surface area (Å²) in [5.74, 6) is 0.0869. The van der Waals surface area contributed by atoms with Gasteiger partial charge in [-0.25, -0.2) is 8.42 Å². The van der Waals surface area contributed by atoms with Crippen molar-refractivity contribution in [3.05, 3.63) is 52.8 Å². The lowest BCUT2D eigenvalue weighted by Gasteiger charge is -2.04. The number of ether oxygens (including phenoxy) is 1. The Bertz CT molecular complexity index is 1140. The fourth-order valence-corrected chi connectivity index (χ4v) is 4.47. The summed E-state index contributed by atoms with van der Waals surface area (Å²) in [7, 11) is -0.153. The minimum Gasteiger partial charge on any atom is -0.495 e. The van der Waals surface area contributed by atoms with Gasteiger partial charge in [0.2, 0.25) is 0 Å². The van der Waals surface area contributed by atoms with E-state index in [1.807, 2.05) is 18.2 Å². The molecule has 1 heterocycles. The fourth-order valence-electron chi connectivity index (χ4n) is 2.55. The third-order valence-electron chi connectivity index (χ3n) is 3.72. The predicted molar refractivity (Wildman–Crippen MR) is 96.8 cm³/mol. The van der Waals surface area contributed by atoms with Gasteiger partial charge in [-0.1, -0.05) is 29.5 Å². The summed E-state index contributed by atoms with van der Waals surface area (Å²) in [6, 6.07) is 11.7. The van der Waals surface area contributed by atoms with Gasteiger partial charge < -0.3 is 9.30 Å². The maximum absolute atomic E-state index is 12.6. The van der Waals surface area contributed by atoms with E-state index < -0.39 is 15.7 Å². The van der Waals surface area contributed by atoms with E-state index in [4.69, 9.17) is 4.74 Å². The highest BCUT2D eigenvalue weighted by Crippen LogP contribution is 2.26. The van der Waals surface area contributed by atoms with Crippen molar-refractivity contribution in [2.45, 2.75) is 4.90 Å². The van der Waals surface area contributed by atoms with Crippen LogP contribution < -0.4 is 9.54 Å². The van der Waals surface area contributed by atoms with E-state index in [0.29, 0.717) is 10.6 Å². The van der Waals surface area contributed by atoms with Gasteiger partial charge in [0.25, 0.3) is 5.91 Å². The zero-order chi connectivity index (χ0) is 18.2. The summed E-state index contributed by atoms with van der Waals surface area (Å²) in [6.45, 7) is 0. The first-order chi connectivity index (χ1) is 11.8. The number of carbonyl (C=O) groups is 1. The molecule has 130 valence electrons. The van der Waals surface area contributed by atoms with E-state index in [-0.39, 0.29) is 10.5 Å². The molecule has 0 aliphatic heterocycles. The molecule has 2 aromatic carbocycles. The largest absolute Gasteiger partial charge is 0.495 e. The second kappa shape index (κ2) is 6.45. The van der Waals surface area contributed by atoms with Crippen LogP contribution in [0.3, 0.4) is 0 Å². The van der Waals surface area contributed by atoms with Gasteiger partial charge in [0.1, 0.15) is 11.3 Å². The number of fused-ring (bicyclic) bond motifs is 1. The molecule has 0 unspecified atom stereocenters. The van der Waals surface area contributed by atoms with Crippen molar-refractivity contribution in [3.8, 4) is 5.75 Å². The summed E-state index contributed by atoms with van der Waals surface area (Å²) >= 11 is 1.34. The molecular weight excluding hydrogens is 360 g/mol. The highest BCUT2D eigenvalue weighted by molar-refractivity contribution is 7.90. The predicted octanol–water partition coefficient (Wildman–Crippen LogP) is 2.39. The molecule has 1 aromatic heterocycles. The van der Waals surface area contributed by atoms with E-state index in [0.717, 1.165) is 16.5 Å². The lowest BCUT2D eigenvalue weighted by atomic mass is 10.2. The summed E-state index contributed by atoms with van der Waals surface area (Å²) < 4.78 is 31.8. The Morgan fingerprint density at radius 2 is 1.88 bits per heavy atom. The van der Waals surface area contributed by atoms with E-state index in [1.54, 1.807) is 30.9 Å². The van der Waals surface area contributed by atoms with Crippen LogP contribution in [0.25, 0.3) is 10.2 Å². The van der Waals surface area contributed by atoms with Gasteiger partial charge in [-0.2, -0.15) is 4.99 Å². The van der Waals surface area contributed by atoms with Gasteiger partial charge in [0.05, 0.1) is 22.3 Å². The van der Waals surface area contributed by atoms with Crippen molar-refractivity contribution in [3.63, 3.8) is 0 Å². The van der Waals surface area contributed by atoms with E-state index in [1.165, 1.54) is 23.5 Å². The van der Waals surface area contributed by atoms with Gasteiger partial charge in [-0.05, 0) is 24.3 Å². The average Bonchev–Trinajstić information content (AvgIpc) is 2.90. The standard InChI is InChI=1S/C17H16N2O4S2/c1-19-15-12(23-2)8-6-9-13(15)24-17(19)18-16(20)11-7-4-5-10-14(11)25(3,21)22/h4-10H,1-3H3. The number of sulfone groups is 1. The van der Waals surface area contributed by atoms with Crippen LogP contribution in [0.2, 0.25) is 0 Å². The Balaban J connectivity index is 2.19. The summed E-state index contributed by atoms with van der Waals surface area (Å²) in [4.78, 5) is 17.2. The number of methoxy groups -OCH3 is 1.